The summed E-state index contributed by atoms with van der Waals surface area (Å²) in [5.41, 5.74) is 16.4. The van der Waals surface area contributed by atoms with E-state index in [0.717, 1.165) is 78.5 Å². The molecule has 10 rings (SSSR count). The zero-order valence-electron chi connectivity index (χ0n) is 36.5. The third-order valence-corrected chi connectivity index (χ3v) is 12.5. The van der Waals surface area contributed by atoms with Crippen LogP contribution >= 0.6 is 0 Å². The van der Waals surface area contributed by atoms with E-state index in [0.29, 0.717) is 11.2 Å². The summed E-state index contributed by atoms with van der Waals surface area (Å²) in [6.07, 6.45) is 13.7. The molecule has 1 aromatic heterocycles. The minimum absolute atomic E-state index is 0.0668. The number of nitrogens with zero attached hydrogens (tertiary/aromatic N) is 2. The maximum atomic E-state index is 12.0. The second kappa shape index (κ2) is 17.6. The van der Waals surface area contributed by atoms with E-state index in [1.165, 1.54) is 16.7 Å². The number of hydrogen-bond donors (Lipinski definition) is 2. The van der Waals surface area contributed by atoms with Crippen molar-refractivity contribution in [3.8, 4) is 50.6 Å². The van der Waals surface area contributed by atoms with Gasteiger partial charge in [-0.25, -0.2) is 0 Å². The Kier molecular flexibility index (Phi) is 11.1. The average Bonchev–Trinajstić information content (AvgIpc) is 3.50. The first kappa shape index (κ1) is 41.0. The Morgan fingerprint density at radius 1 is 0.631 bits per heavy atom. The molecular formula is C59H46B2N2O2. The van der Waals surface area contributed by atoms with E-state index >= 15 is 0 Å². The van der Waals surface area contributed by atoms with Gasteiger partial charge in [-0.15, -0.1) is 0 Å². The van der Waals surface area contributed by atoms with Crippen molar-refractivity contribution in [3.05, 3.63) is 235 Å². The normalized spacial score (nSPS) is 12.6. The van der Waals surface area contributed by atoms with E-state index in [2.05, 4.69) is 170 Å². The molecule has 0 aliphatic heterocycles. The van der Waals surface area contributed by atoms with Gasteiger partial charge in [-0.2, -0.15) is 0 Å². The Morgan fingerprint density at radius 3 is 2.02 bits per heavy atom. The second-order valence-electron chi connectivity index (χ2n) is 16.5. The Balaban J connectivity index is 1.09. The summed E-state index contributed by atoms with van der Waals surface area (Å²) in [5, 5.41) is 26.3. The van der Waals surface area contributed by atoms with Gasteiger partial charge in [-0.1, -0.05) is 24.3 Å². The molecule has 0 spiro atoms. The van der Waals surface area contributed by atoms with Crippen molar-refractivity contribution < 1.29 is 10.2 Å². The minimum atomic E-state index is -0.0668. The fourth-order valence-electron chi connectivity index (χ4n) is 9.22. The fourth-order valence-corrected chi connectivity index (χ4v) is 9.22. The van der Waals surface area contributed by atoms with Crippen LogP contribution in [-0.4, -0.2) is 35.7 Å². The van der Waals surface area contributed by atoms with Crippen molar-refractivity contribution in [2.24, 2.45) is 0 Å². The van der Waals surface area contributed by atoms with Crippen molar-refractivity contribution in [2.75, 3.05) is 4.90 Å². The van der Waals surface area contributed by atoms with Gasteiger partial charge in [0.25, 0.3) is 0 Å². The van der Waals surface area contributed by atoms with E-state index in [4.69, 9.17) is 0 Å². The van der Waals surface area contributed by atoms with Crippen molar-refractivity contribution in [1.29, 1.82) is 0 Å². The van der Waals surface area contributed by atoms with Crippen LogP contribution in [0, 0.1) is 0 Å². The number of hydrogen-bond acceptors (Lipinski definition) is 3. The van der Waals surface area contributed by atoms with Crippen LogP contribution in [0.2, 0.25) is 0 Å². The van der Waals surface area contributed by atoms with Gasteiger partial charge in [0.2, 0.25) is 0 Å². The van der Waals surface area contributed by atoms with Gasteiger partial charge >= 0.3 is 348 Å². The molecule has 0 unspecified atom stereocenters. The molecule has 310 valence electrons. The molecule has 0 bridgehead atoms. The van der Waals surface area contributed by atoms with Crippen molar-refractivity contribution in [3.63, 3.8) is 0 Å². The Hall–Kier alpha value is -8.08. The van der Waals surface area contributed by atoms with Gasteiger partial charge in [0.05, 0.1) is 0 Å². The van der Waals surface area contributed by atoms with Gasteiger partial charge in [-0.3, -0.25) is 0 Å². The summed E-state index contributed by atoms with van der Waals surface area (Å²) >= 11 is 0. The van der Waals surface area contributed by atoms with Crippen LogP contribution < -0.4 is 4.90 Å². The summed E-state index contributed by atoms with van der Waals surface area (Å²) < 4.78 is 2.37. The number of fused-ring (bicyclic) bond motifs is 4. The van der Waals surface area contributed by atoms with Gasteiger partial charge in [0.1, 0.15) is 0 Å². The molecule has 0 saturated heterocycles. The molecule has 6 heteroatoms. The molecule has 1 aliphatic carbocycles. The van der Waals surface area contributed by atoms with Gasteiger partial charge < -0.3 is 0 Å². The zero-order chi connectivity index (χ0) is 44.4. The van der Waals surface area contributed by atoms with Crippen LogP contribution in [0.3, 0.4) is 0 Å². The quantitative estimate of drug-likeness (QED) is 0.107. The summed E-state index contributed by atoms with van der Waals surface area (Å²) in [4.78, 5) is 1.88. The Morgan fingerprint density at radius 2 is 1.28 bits per heavy atom. The van der Waals surface area contributed by atoms with Crippen molar-refractivity contribution in [2.45, 2.75) is 13.3 Å². The number of phenols is 2. The first-order chi connectivity index (χ1) is 31.9. The monoisotopic (exact) mass is 836 g/mol. The Bertz CT molecular complexity index is 3370. The average molecular weight is 837 g/mol. The van der Waals surface area contributed by atoms with Crippen LogP contribution in [0.5, 0.6) is 11.5 Å². The van der Waals surface area contributed by atoms with Crippen molar-refractivity contribution in [1.82, 2.24) is 4.57 Å². The van der Waals surface area contributed by atoms with Crippen LogP contribution in [0.25, 0.3) is 72.5 Å². The predicted molar refractivity (Wildman–Crippen MR) is 280 cm³/mol. The number of anilines is 2. The molecule has 0 saturated carbocycles. The number of para-hydroxylation sites is 1. The van der Waals surface area contributed by atoms with Crippen molar-refractivity contribution >= 4 is 65.8 Å². The number of aromatic nitrogens is 1. The van der Waals surface area contributed by atoms with E-state index < -0.39 is 0 Å². The maximum absolute atomic E-state index is 12.0. The third kappa shape index (κ3) is 7.85. The molecular weight excluding hydrogens is 790 g/mol. The van der Waals surface area contributed by atoms with E-state index in [1.807, 2.05) is 68.2 Å². The number of phenolic OH excluding ortho intramolecular Hbond substituents is 2. The molecule has 1 aliphatic rings. The van der Waals surface area contributed by atoms with Gasteiger partial charge in [0.15, 0.2) is 0 Å². The van der Waals surface area contributed by atoms with Crippen LogP contribution in [0.1, 0.15) is 23.6 Å². The Labute approximate surface area is 382 Å². The molecule has 8 aromatic carbocycles. The van der Waals surface area contributed by atoms with Gasteiger partial charge in [0, 0.05) is 0 Å². The summed E-state index contributed by atoms with van der Waals surface area (Å²) in [7, 11) is 6.69. The standard InChI is InChI=1S/C59H46B2N2O2/c1-2-39(43-28-30-44(31-29-43)40-16-6-3-7-17-40)36-52(60)59(61)63(58-55(64)37-47(38-56(58)65)41-18-8-4-9-19-41)48-23-14-22-46(35-48)50-25-15-27-54-57(50)51-24-12-13-26-53(51)62(54)49-33-32-42-20-10-5-11-21-45(42)34-49/h2-20,22-38,61,64-65H,21,60H2,1H3/b39-2+,52-36+. The molecule has 0 radical (unpaired) electrons. The van der Waals surface area contributed by atoms with E-state index in [1.54, 1.807) is 12.1 Å². The molecule has 9 aromatic rings. The van der Waals surface area contributed by atoms with E-state index in [9.17, 15) is 10.2 Å². The first-order valence-electron chi connectivity index (χ1n) is 22.1. The van der Waals surface area contributed by atoms with Gasteiger partial charge in [-0.05, 0) is 12.0 Å². The molecule has 4 nitrogen and oxygen atoms in total. The van der Waals surface area contributed by atoms with Crippen LogP contribution in [0.15, 0.2) is 218 Å². The number of aromatic hydroxyl groups is 2. The first-order valence-corrected chi connectivity index (χ1v) is 22.1. The van der Waals surface area contributed by atoms with Crippen LogP contribution in [0.4, 0.5) is 11.4 Å². The number of rotatable bonds is 10. The second-order valence-corrected chi connectivity index (χ2v) is 16.5. The molecule has 2 N–H and O–H groups in total. The molecule has 0 amide bonds. The molecule has 65 heavy (non-hydrogen) atoms. The summed E-state index contributed by atoms with van der Waals surface area (Å²) in [6.45, 7) is 2.04. The SMILES string of the molecule is B=C(/C(B)=C\C(=C/C)c1ccc(-c2ccccc2)cc1)N(c1cccc(-c2cccc3c2c2ccccc2n3-c2ccc3c(c2)CC=CC=C3)c1)c1c(O)cc(-c2ccccc2)cc1O. The third-order valence-electron chi connectivity index (χ3n) is 12.5. The fraction of sp³-hybridized carbons (Fsp3) is 0.0339. The predicted octanol–water partition coefficient (Wildman–Crippen LogP) is 13.1. The summed E-state index contributed by atoms with van der Waals surface area (Å²) in [5.74, 6) is -0.134. The van der Waals surface area contributed by atoms with E-state index in [-0.39, 0.29) is 17.2 Å². The molecule has 0 fully saturated rings. The zero-order valence-corrected chi connectivity index (χ0v) is 36.5. The number of allylic oxidation sites excluding steroid dienone is 6. The summed E-state index contributed by atoms with van der Waals surface area (Å²) in [6, 6.07) is 62.3. The molecule has 1 heterocycles. The number of benzene rings is 8. The topological polar surface area (TPSA) is 48.6 Å². The van der Waals surface area contributed by atoms with Crippen LogP contribution in [-0.2, 0) is 6.42 Å². The molecule has 0 atom stereocenters.